The van der Waals surface area contributed by atoms with Crippen LogP contribution in [0.3, 0.4) is 0 Å². The summed E-state index contributed by atoms with van der Waals surface area (Å²) in [5, 5.41) is 8.58. The van der Waals surface area contributed by atoms with E-state index in [0.717, 1.165) is 37.4 Å². The van der Waals surface area contributed by atoms with Gasteiger partial charge in [0.1, 0.15) is 0 Å². The molecule has 0 saturated carbocycles. The van der Waals surface area contributed by atoms with E-state index >= 15 is 0 Å². The number of rotatable bonds is 4. The van der Waals surface area contributed by atoms with Crippen LogP contribution in [0.1, 0.15) is 37.0 Å². The molecule has 1 fully saturated rings. The van der Waals surface area contributed by atoms with Gasteiger partial charge >= 0.3 is 0 Å². The molecule has 2 aromatic rings. The second-order valence-electron chi connectivity index (χ2n) is 5.50. The van der Waals surface area contributed by atoms with Crippen LogP contribution in [0.4, 0.5) is 0 Å². The first kappa shape index (κ1) is 14.8. The van der Waals surface area contributed by atoms with Crippen LogP contribution in [-0.2, 0) is 11.8 Å². The Balaban J connectivity index is 1.80. The first-order valence-electron chi connectivity index (χ1n) is 7.11. The van der Waals surface area contributed by atoms with E-state index in [2.05, 4.69) is 22.4 Å². The number of nitrogens with one attached hydrogen (secondary N) is 1. The van der Waals surface area contributed by atoms with Crippen molar-refractivity contribution < 1.29 is 4.52 Å². The van der Waals surface area contributed by atoms with Gasteiger partial charge in [0.25, 0.3) is 0 Å². The lowest BCUT2D eigenvalue weighted by atomic mass is 9.84. The smallest absolute Gasteiger partial charge is 0.234 e. The second kappa shape index (κ2) is 5.95. The molecule has 0 bridgehead atoms. The van der Waals surface area contributed by atoms with E-state index in [1.165, 1.54) is 0 Å². The Hall–Kier alpha value is -1.10. The summed E-state index contributed by atoms with van der Waals surface area (Å²) in [6, 6.07) is 5.55. The SMILES string of the molecule is CCC1(c2nc(Cc3ccc(Cl)c(Cl)c3)no2)CCNC1. The molecule has 1 aromatic heterocycles. The van der Waals surface area contributed by atoms with Crippen LogP contribution in [0.25, 0.3) is 0 Å². The molecule has 1 atom stereocenters. The number of hydrogen-bond acceptors (Lipinski definition) is 4. The highest BCUT2D eigenvalue weighted by Gasteiger charge is 2.39. The lowest BCUT2D eigenvalue weighted by Gasteiger charge is -2.20. The van der Waals surface area contributed by atoms with Crippen molar-refractivity contribution in [2.45, 2.75) is 31.6 Å². The lowest BCUT2D eigenvalue weighted by Crippen LogP contribution is -2.28. The van der Waals surface area contributed by atoms with Gasteiger partial charge in [-0.1, -0.05) is 41.3 Å². The molecule has 1 aromatic carbocycles. The summed E-state index contributed by atoms with van der Waals surface area (Å²) >= 11 is 12.0. The molecule has 0 radical (unpaired) electrons. The highest BCUT2D eigenvalue weighted by atomic mass is 35.5. The Kier molecular flexibility index (Phi) is 4.20. The van der Waals surface area contributed by atoms with Gasteiger partial charge in [-0.05, 0) is 37.1 Å². The van der Waals surface area contributed by atoms with Crippen molar-refractivity contribution in [1.82, 2.24) is 15.5 Å². The summed E-state index contributed by atoms with van der Waals surface area (Å²) in [4.78, 5) is 4.59. The van der Waals surface area contributed by atoms with Gasteiger partial charge in [0.2, 0.25) is 5.89 Å². The number of nitrogens with zero attached hydrogens (tertiary/aromatic N) is 2. The topological polar surface area (TPSA) is 51.0 Å². The summed E-state index contributed by atoms with van der Waals surface area (Å²) in [5.41, 5.74) is 1.01. The molecule has 1 N–H and O–H groups in total. The highest BCUT2D eigenvalue weighted by molar-refractivity contribution is 6.42. The molecule has 112 valence electrons. The Morgan fingerprint density at radius 1 is 1.33 bits per heavy atom. The fourth-order valence-electron chi connectivity index (χ4n) is 2.75. The van der Waals surface area contributed by atoms with Gasteiger partial charge in [-0.3, -0.25) is 0 Å². The maximum Gasteiger partial charge on any atom is 0.234 e. The minimum absolute atomic E-state index is 0.0110. The van der Waals surface area contributed by atoms with Crippen molar-refractivity contribution in [2.75, 3.05) is 13.1 Å². The van der Waals surface area contributed by atoms with Crippen molar-refractivity contribution in [3.8, 4) is 0 Å². The fourth-order valence-corrected chi connectivity index (χ4v) is 3.07. The average Bonchev–Trinajstić information content (AvgIpc) is 3.12. The quantitative estimate of drug-likeness (QED) is 0.932. The van der Waals surface area contributed by atoms with Crippen molar-refractivity contribution in [2.24, 2.45) is 0 Å². The summed E-state index contributed by atoms with van der Waals surface area (Å²) in [6.45, 7) is 4.06. The maximum atomic E-state index is 6.03. The van der Waals surface area contributed by atoms with Crippen LogP contribution in [0.5, 0.6) is 0 Å². The molecule has 2 heterocycles. The van der Waals surface area contributed by atoms with E-state index in [1.807, 2.05) is 12.1 Å². The van der Waals surface area contributed by atoms with Crippen LogP contribution < -0.4 is 5.32 Å². The highest BCUT2D eigenvalue weighted by Crippen LogP contribution is 2.33. The van der Waals surface area contributed by atoms with Gasteiger partial charge in [0, 0.05) is 13.0 Å². The van der Waals surface area contributed by atoms with Crippen LogP contribution in [0, 0.1) is 0 Å². The van der Waals surface area contributed by atoms with Crippen LogP contribution in [-0.4, -0.2) is 23.2 Å². The minimum Gasteiger partial charge on any atom is -0.339 e. The second-order valence-corrected chi connectivity index (χ2v) is 6.32. The van der Waals surface area contributed by atoms with Crippen molar-refractivity contribution >= 4 is 23.2 Å². The predicted octanol–water partition coefficient (Wildman–Crippen LogP) is 3.61. The molecule has 1 aliphatic rings. The largest absolute Gasteiger partial charge is 0.339 e. The number of halogens is 2. The van der Waals surface area contributed by atoms with Crippen molar-refractivity contribution in [1.29, 1.82) is 0 Å². The standard InChI is InChI=1S/C15H17Cl2N3O/c1-2-15(5-6-18-9-15)14-19-13(20-21-14)8-10-3-4-11(16)12(17)7-10/h3-4,7,18H,2,5-6,8-9H2,1H3. The molecule has 4 nitrogen and oxygen atoms in total. The molecular weight excluding hydrogens is 309 g/mol. The van der Waals surface area contributed by atoms with Crippen LogP contribution >= 0.6 is 23.2 Å². The third kappa shape index (κ3) is 2.93. The van der Waals surface area contributed by atoms with E-state index in [0.29, 0.717) is 22.3 Å². The summed E-state index contributed by atoms with van der Waals surface area (Å²) in [7, 11) is 0. The molecule has 0 aliphatic carbocycles. The normalized spacial score (nSPS) is 21.9. The third-order valence-electron chi connectivity index (χ3n) is 4.19. The van der Waals surface area contributed by atoms with Crippen molar-refractivity contribution in [3.63, 3.8) is 0 Å². The molecule has 0 spiro atoms. The average molecular weight is 326 g/mol. The first-order valence-corrected chi connectivity index (χ1v) is 7.86. The Morgan fingerprint density at radius 2 is 2.19 bits per heavy atom. The molecule has 3 rings (SSSR count). The summed E-state index contributed by atoms with van der Waals surface area (Å²) in [5.74, 6) is 1.42. The summed E-state index contributed by atoms with van der Waals surface area (Å²) < 4.78 is 5.51. The van der Waals surface area contributed by atoms with Gasteiger partial charge in [-0.25, -0.2) is 0 Å². The fraction of sp³-hybridized carbons (Fsp3) is 0.467. The Labute approximate surface area is 133 Å². The number of benzene rings is 1. The van der Waals surface area contributed by atoms with E-state index in [1.54, 1.807) is 6.07 Å². The zero-order chi connectivity index (χ0) is 14.9. The zero-order valence-electron chi connectivity index (χ0n) is 11.8. The molecule has 1 saturated heterocycles. The van der Waals surface area contributed by atoms with Crippen LogP contribution in [0.15, 0.2) is 22.7 Å². The first-order chi connectivity index (χ1) is 10.1. The van der Waals surface area contributed by atoms with E-state index in [4.69, 9.17) is 27.7 Å². The zero-order valence-corrected chi connectivity index (χ0v) is 13.3. The Morgan fingerprint density at radius 3 is 2.86 bits per heavy atom. The summed E-state index contributed by atoms with van der Waals surface area (Å²) in [6.07, 6.45) is 2.62. The van der Waals surface area contributed by atoms with Gasteiger partial charge < -0.3 is 9.84 Å². The van der Waals surface area contributed by atoms with Gasteiger partial charge in [0.05, 0.1) is 15.5 Å². The number of hydrogen-bond donors (Lipinski definition) is 1. The third-order valence-corrected chi connectivity index (χ3v) is 4.93. The van der Waals surface area contributed by atoms with E-state index in [-0.39, 0.29) is 5.41 Å². The minimum atomic E-state index is -0.0110. The van der Waals surface area contributed by atoms with Gasteiger partial charge in [-0.15, -0.1) is 0 Å². The molecule has 21 heavy (non-hydrogen) atoms. The maximum absolute atomic E-state index is 6.03. The monoisotopic (exact) mass is 325 g/mol. The Bertz CT molecular complexity index is 636. The van der Waals surface area contributed by atoms with Crippen LogP contribution in [0.2, 0.25) is 10.0 Å². The van der Waals surface area contributed by atoms with Crippen molar-refractivity contribution in [3.05, 3.63) is 45.5 Å². The molecule has 1 unspecified atom stereocenters. The molecular formula is C15H17Cl2N3O. The van der Waals surface area contributed by atoms with E-state index < -0.39 is 0 Å². The number of aromatic nitrogens is 2. The van der Waals surface area contributed by atoms with E-state index in [9.17, 15) is 0 Å². The predicted molar refractivity (Wildman–Crippen MR) is 83.0 cm³/mol. The molecule has 0 amide bonds. The lowest BCUT2D eigenvalue weighted by molar-refractivity contribution is 0.283. The molecule has 1 aliphatic heterocycles. The van der Waals surface area contributed by atoms with Gasteiger partial charge in [-0.2, -0.15) is 4.98 Å². The van der Waals surface area contributed by atoms with Gasteiger partial charge in [0.15, 0.2) is 5.82 Å². The molecule has 6 heteroatoms.